The molecule has 3 aliphatic rings. The van der Waals surface area contributed by atoms with Crippen LogP contribution in [-0.2, 0) is 11.3 Å². The average Bonchev–Trinajstić information content (AvgIpc) is 3.24. The van der Waals surface area contributed by atoms with E-state index in [4.69, 9.17) is 9.47 Å². The zero-order chi connectivity index (χ0) is 40.6. The number of alkyl carbamates (subject to hydrolysis) is 1. The molecule has 1 amide bonds. The number of ether oxygens (including phenoxy) is 2. The van der Waals surface area contributed by atoms with E-state index in [0.29, 0.717) is 34.6 Å². The van der Waals surface area contributed by atoms with Crippen LogP contribution in [0.15, 0.2) is 102 Å². The summed E-state index contributed by atoms with van der Waals surface area (Å²) in [7, 11) is 0. The van der Waals surface area contributed by atoms with Gasteiger partial charge in [-0.1, -0.05) is 80.8 Å². The first-order valence-corrected chi connectivity index (χ1v) is 20.3. The molecule has 12 nitrogen and oxygen atoms in total. The van der Waals surface area contributed by atoms with Crippen LogP contribution in [0.5, 0.6) is 11.5 Å². The lowest BCUT2D eigenvalue weighted by Crippen LogP contribution is -2.52. The summed E-state index contributed by atoms with van der Waals surface area (Å²) in [5, 5.41) is 39.0. The normalized spacial score (nSPS) is 19.0. The number of carbonyl (C=O) groups is 2. The number of aliphatic hydroxyl groups is 1. The second-order valence-corrected chi connectivity index (χ2v) is 15.4. The topological polar surface area (TPSA) is 173 Å². The van der Waals surface area contributed by atoms with Crippen LogP contribution in [-0.4, -0.2) is 69.5 Å². The number of H-pyrrole nitrogens is 1. The van der Waals surface area contributed by atoms with Gasteiger partial charge >= 0.3 is 12.1 Å². The molecule has 3 fully saturated rings. The zero-order valence-corrected chi connectivity index (χ0v) is 32.7. The van der Waals surface area contributed by atoms with Crippen molar-refractivity contribution in [3.8, 4) is 11.5 Å². The number of pyridine rings is 1. The van der Waals surface area contributed by atoms with Gasteiger partial charge in [0.15, 0.2) is 0 Å². The quantitative estimate of drug-likeness (QED) is 0.0523. The average molecular weight is 789 g/mol. The molecule has 6 N–H and O–H groups in total. The summed E-state index contributed by atoms with van der Waals surface area (Å²) in [6.07, 6.45) is 3.90. The molecular weight excluding hydrogens is 737 g/mol. The number of hydrogen-bond donors (Lipinski definition) is 6. The minimum Gasteiger partial charge on any atom is -0.506 e. The van der Waals surface area contributed by atoms with Gasteiger partial charge in [0.2, 0.25) is 5.56 Å². The number of fused-ring (bicyclic) bond motifs is 4. The predicted molar refractivity (Wildman–Crippen MR) is 221 cm³/mol. The highest BCUT2D eigenvalue weighted by molar-refractivity contribution is 5.90. The number of unbranched alkanes of at least 4 members (excludes halogenated alkanes) is 2. The van der Waals surface area contributed by atoms with Crippen molar-refractivity contribution in [2.75, 3.05) is 26.2 Å². The highest BCUT2D eigenvalue weighted by Gasteiger charge is 2.37. The summed E-state index contributed by atoms with van der Waals surface area (Å²) in [4.78, 5) is 42.8. The van der Waals surface area contributed by atoms with Crippen molar-refractivity contribution in [2.24, 2.45) is 5.92 Å². The number of aromatic amines is 1. The minimum absolute atomic E-state index is 0.0895. The van der Waals surface area contributed by atoms with Crippen molar-refractivity contribution >= 4 is 23.0 Å². The summed E-state index contributed by atoms with van der Waals surface area (Å²) in [6, 6.07) is 27.6. The maximum atomic E-state index is 13.4. The third-order valence-electron chi connectivity index (χ3n) is 11.5. The van der Waals surface area contributed by atoms with Gasteiger partial charge < -0.3 is 40.4 Å². The van der Waals surface area contributed by atoms with E-state index in [1.807, 2.05) is 60.7 Å². The number of piperidine rings is 3. The molecule has 2 bridgehead atoms. The highest BCUT2D eigenvalue weighted by Crippen LogP contribution is 2.33. The van der Waals surface area contributed by atoms with Crippen LogP contribution >= 0.6 is 0 Å². The Morgan fingerprint density at radius 2 is 1.71 bits per heavy atom. The van der Waals surface area contributed by atoms with Crippen LogP contribution in [0, 0.1) is 5.92 Å². The Morgan fingerprint density at radius 3 is 2.45 bits per heavy atom. The number of aromatic nitrogens is 1. The monoisotopic (exact) mass is 788 g/mol. The van der Waals surface area contributed by atoms with Gasteiger partial charge in [0, 0.05) is 30.6 Å². The number of carboxylic acids is 1. The smallest absolute Gasteiger partial charge is 0.408 e. The lowest BCUT2D eigenvalue weighted by molar-refractivity contribution is -0.0336. The molecule has 0 radical (unpaired) electrons. The Morgan fingerprint density at radius 1 is 0.914 bits per heavy atom. The predicted octanol–water partition coefficient (Wildman–Crippen LogP) is 7.37. The number of amides is 1. The number of aliphatic hydroxyl groups excluding tert-OH is 1. The largest absolute Gasteiger partial charge is 0.506 e. The number of aromatic hydroxyl groups is 1. The molecule has 8 rings (SSSR count). The third kappa shape index (κ3) is 9.70. The fourth-order valence-corrected chi connectivity index (χ4v) is 8.35. The fourth-order valence-electron chi connectivity index (χ4n) is 8.35. The molecule has 304 valence electrons. The fraction of sp³-hybridized carbons (Fsp3) is 0.370. The van der Waals surface area contributed by atoms with Gasteiger partial charge in [-0.15, -0.1) is 0 Å². The van der Waals surface area contributed by atoms with Gasteiger partial charge in [-0.05, 0) is 102 Å². The maximum Gasteiger partial charge on any atom is 0.408 e. The van der Waals surface area contributed by atoms with Crippen molar-refractivity contribution in [3.05, 3.63) is 141 Å². The summed E-state index contributed by atoms with van der Waals surface area (Å²) in [6.45, 7) is 5.23. The Labute approximate surface area is 337 Å². The molecule has 58 heavy (non-hydrogen) atoms. The summed E-state index contributed by atoms with van der Waals surface area (Å²) in [5.74, 6) is -0.184. The molecule has 3 aliphatic heterocycles. The van der Waals surface area contributed by atoms with Crippen molar-refractivity contribution in [1.29, 1.82) is 0 Å². The first-order valence-electron chi connectivity index (χ1n) is 20.3. The van der Waals surface area contributed by atoms with Gasteiger partial charge in [0.05, 0.1) is 23.2 Å². The second-order valence-electron chi connectivity index (χ2n) is 15.4. The van der Waals surface area contributed by atoms with E-state index >= 15 is 0 Å². The van der Waals surface area contributed by atoms with E-state index in [9.17, 15) is 29.7 Å². The van der Waals surface area contributed by atoms with Crippen LogP contribution in [0.2, 0.25) is 0 Å². The minimum atomic E-state index is -1.06. The zero-order valence-electron chi connectivity index (χ0n) is 32.7. The molecule has 5 aromatic rings. The number of benzene rings is 4. The number of hydrogen-bond acceptors (Lipinski definition) is 9. The number of phenolic OH excluding ortho intramolecular Hbond substituents is 1. The number of carboxylic acid groups (broad SMARTS) is 1. The number of nitrogens with zero attached hydrogens (tertiary/aromatic N) is 1. The lowest BCUT2D eigenvalue weighted by Gasteiger charge is -2.43. The van der Waals surface area contributed by atoms with Crippen LogP contribution in [0.3, 0.4) is 0 Å². The molecule has 3 saturated heterocycles. The van der Waals surface area contributed by atoms with Crippen molar-refractivity contribution < 1.29 is 34.4 Å². The Balaban J connectivity index is 1.08. The number of carbonyl (C=O) groups excluding carboxylic acids is 1. The molecule has 12 heteroatoms. The summed E-state index contributed by atoms with van der Waals surface area (Å²) >= 11 is 0. The highest BCUT2D eigenvalue weighted by atomic mass is 16.6. The van der Waals surface area contributed by atoms with E-state index in [1.54, 1.807) is 24.3 Å². The summed E-state index contributed by atoms with van der Waals surface area (Å²) in [5.41, 5.74) is 3.62. The van der Waals surface area contributed by atoms with Crippen LogP contribution in [0.25, 0.3) is 10.9 Å². The van der Waals surface area contributed by atoms with Gasteiger partial charge in [-0.25, -0.2) is 9.59 Å². The van der Waals surface area contributed by atoms with E-state index in [-0.39, 0.29) is 41.6 Å². The molecule has 2 unspecified atom stereocenters. The molecule has 0 spiro atoms. The van der Waals surface area contributed by atoms with Crippen molar-refractivity contribution in [2.45, 2.75) is 76.3 Å². The Bertz CT molecular complexity index is 2250. The lowest BCUT2D eigenvalue weighted by atomic mass is 9.86. The number of rotatable bonds is 17. The van der Waals surface area contributed by atoms with Crippen LogP contribution in [0.1, 0.15) is 102 Å². The van der Waals surface area contributed by atoms with E-state index in [2.05, 4.69) is 27.4 Å². The first-order chi connectivity index (χ1) is 28.2. The third-order valence-corrected chi connectivity index (χ3v) is 11.5. The van der Waals surface area contributed by atoms with E-state index in [1.165, 1.54) is 12.1 Å². The number of aromatic carboxylic acids is 1. The molecule has 4 aromatic carbocycles. The standard InChI is InChI=1S/C46H52N4O8/c1-2-3-5-13-38(47-26-40(52)34-16-18-39(51)44-35(34)17-19-42(53)48-44)37-24-29(14-15-36(37)45(54)55)28-57-33-12-8-11-32(25-33)43(31-9-6-4-7-10-31)49-46(56)58-41-27-50-22-20-30(41)21-23-50/h4,6-12,14-19,24-25,30,38,40-41,43,47,51-52H,2-3,5,13,20-23,26-28H2,1H3,(H,48,53)(H,49,56)(H,54,55)/t38?,40-,41-,43?/m0/s1. The number of phenols is 1. The molecule has 4 heterocycles. The molecule has 0 saturated carbocycles. The maximum absolute atomic E-state index is 13.4. The van der Waals surface area contributed by atoms with Crippen molar-refractivity contribution in [3.63, 3.8) is 0 Å². The van der Waals surface area contributed by atoms with Crippen LogP contribution < -0.4 is 20.9 Å². The van der Waals surface area contributed by atoms with Gasteiger partial charge in [0.25, 0.3) is 0 Å². The SMILES string of the molecule is CCCCCC(NC[C@H](O)c1ccc(O)c2[nH]c(=O)ccc12)c1cc(COc2cccc(C(NC(=O)O[C@H]3CN4CCC3CC4)c3ccccc3)c2)ccc1C(=O)O. The Kier molecular flexibility index (Phi) is 13.1. The van der Waals surface area contributed by atoms with E-state index < -0.39 is 30.3 Å². The number of nitrogens with one attached hydrogen (secondary N) is 3. The van der Waals surface area contributed by atoms with Crippen LogP contribution in [0.4, 0.5) is 4.79 Å². The van der Waals surface area contributed by atoms with Gasteiger partial charge in [-0.2, -0.15) is 0 Å². The van der Waals surface area contributed by atoms with Crippen molar-refractivity contribution in [1.82, 2.24) is 20.5 Å². The van der Waals surface area contributed by atoms with E-state index in [0.717, 1.165) is 68.4 Å². The summed E-state index contributed by atoms with van der Waals surface area (Å²) < 4.78 is 12.3. The molecular formula is C46H52N4O8. The Hall–Kier alpha value is -5.69. The second kappa shape index (κ2) is 18.7. The molecule has 1 aromatic heterocycles. The van der Waals surface area contributed by atoms with Gasteiger partial charge in [-0.3, -0.25) is 9.69 Å². The molecule has 0 aliphatic carbocycles. The molecule has 4 atom stereocenters. The van der Waals surface area contributed by atoms with Gasteiger partial charge in [0.1, 0.15) is 24.2 Å². The first kappa shape index (κ1) is 40.5.